The quantitative estimate of drug-likeness (QED) is 0.854. The van der Waals surface area contributed by atoms with Crippen LogP contribution in [0, 0.1) is 19.8 Å². The maximum absolute atomic E-state index is 12.2. The first kappa shape index (κ1) is 18.1. The van der Waals surface area contributed by atoms with Crippen molar-refractivity contribution in [2.75, 3.05) is 31.1 Å². The fourth-order valence-corrected chi connectivity index (χ4v) is 3.92. The third-order valence-corrected chi connectivity index (χ3v) is 5.37. The van der Waals surface area contributed by atoms with E-state index in [1.165, 1.54) is 12.8 Å². The maximum Gasteiger partial charge on any atom is 0.220 e. The van der Waals surface area contributed by atoms with Gasteiger partial charge in [-0.15, -0.1) is 0 Å². The number of aryl methyl sites for hydroxylation is 2. The molecule has 0 spiro atoms. The molecule has 0 unspecified atom stereocenters. The van der Waals surface area contributed by atoms with Crippen LogP contribution in [0.25, 0.3) is 0 Å². The molecule has 25 heavy (non-hydrogen) atoms. The van der Waals surface area contributed by atoms with E-state index in [1.807, 2.05) is 19.9 Å². The standard InChI is InChI=1S/C19H31N5O/c1-14-13-18(22-15(2)21-14)24-11-7-17(8-12-24)23-19(25)4-3-16-5-9-20-10-6-16/h13,16-17,20H,3-12H2,1-2H3,(H,23,25). The van der Waals surface area contributed by atoms with E-state index < -0.39 is 0 Å². The number of aromatic nitrogens is 2. The van der Waals surface area contributed by atoms with Crippen LogP contribution in [0.3, 0.4) is 0 Å². The number of carbonyl (C=O) groups is 1. The fraction of sp³-hybridized carbons (Fsp3) is 0.737. The molecule has 1 amide bonds. The van der Waals surface area contributed by atoms with Crippen LogP contribution in [-0.2, 0) is 4.79 Å². The molecule has 6 nitrogen and oxygen atoms in total. The molecule has 1 aromatic heterocycles. The van der Waals surface area contributed by atoms with Crippen LogP contribution in [-0.4, -0.2) is 48.1 Å². The number of rotatable bonds is 5. The number of nitrogens with one attached hydrogen (secondary N) is 2. The van der Waals surface area contributed by atoms with Gasteiger partial charge in [-0.1, -0.05) is 0 Å². The number of amides is 1. The van der Waals surface area contributed by atoms with E-state index >= 15 is 0 Å². The highest BCUT2D eigenvalue weighted by atomic mass is 16.1. The molecule has 3 rings (SSSR count). The monoisotopic (exact) mass is 345 g/mol. The summed E-state index contributed by atoms with van der Waals surface area (Å²) in [6, 6.07) is 2.35. The molecule has 2 aliphatic rings. The van der Waals surface area contributed by atoms with Crippen molar-refractivity contribution in [2.24, 2.45) is 5.92 Å². The second kappa shape index (κ2) is 8.61. The van der Waals surface area contributed by atoms with Gasteiger partial charge in [0.05, 0.1) is 0 Å². The second-order valence-electron chi connectivity index (χ2n) is 7.48. The fourth-order valence-electron chi connectivity index (χ4n) is 3.92. The third kappa shape index (κ3) is 5.39. The number of hydrogen-bond acceptors (Lipinski definition) is 5. The highest BCUT2D eigenvalue weighted by molar-refractivity contribution is 5.76. The molecule has 0 aliphatic carbocycles. The van der Waals surface area contributed by atoms with E-state index in [0.29, 0.717) is 12.5 Å². The Morgan fingerprint density at radius 2 is 1.92 bits per heavy atom. The third-order valence-electron chi connectivity index (χ3n) is 5.37. The lowest BCUT2D eigenvalue weighted by molar-refractivity contribution is -0.122. The molecule has 2 saturated heterocycles. The van der Waals surface area contributed by atoms with Gasteiger partial charge in [0.25, 0.3) is 0 Å². The minimum absolute atomic E-state index is 0.228. The summed E-state index contributed by atoms with van der Waals surface area (Å²) in [4.78, 5) is 23.4. The predicted octanol–water partition coefficient (Wildman–Crippen LogP) is 1.96. The Morgan fingerprint density at radius 1 is 1.20 bits per heavy atom. The highest BCUT2D eigenvalue weighted by Gasteiger charge is 2.22. The number of piperidine rings is 2. The summed E-state index contributed by atoms with van der Waals surface area (Å²) >= 11 is 0. The van der Waals surface area contributed by atoms with Crippen molar-refractivity contribution in [3.8, 4) is 0 Å². The van der Waals surface area contributed by atoms with Crippen LogP contribution in [0.5, 0.6) is 0 Å². The lowest BCUT2D eigenvalue weighted by Crippen LogP contribution is -2.45. The lowest BCUT2D eigenvalue weighted by atomic mass is 9.93. The van der Waals surface area contributed by atoms with Crippen molar-refractivity contribution < 1.29 is 4.79 Å². The molecule has 2 aliphatic heterocycles. The van der Waals surface area contributed by atoms with Gasteiger partial charge < -0.3 is 15.5 Å². The summed E-state index contributed by atoms with van der Waals surface area (Å²) in [5, 5.41) is 6.62. The Morgan fingerprint density at radius 3 is 2.60 bits per heavy atom. The molecule has 0 saturated carbocycles. The van der Waals surface area contributed by atoms with E-state index in [9.17, 15) is 4.79 Å². The van der Waals surface area contributed by atoms with Gasteiger partial charge >= 0.3 is 0 Å². The molecular formula is C19H31N5O. The van der Waals surface area contributed by atoms with Gasteiger partial charge in [-0.2, -0.15) is 0 Å². The molecule has 0 atom stereocenters. The van der Waals surface area contributed by atoms with Crippen LogP contribution in [0.1, 0.15) is 50.0 Å². The van der Waals surface area contributed by atoms with Crippen LogP contribution in [0.2, 0.25) is 0 Å². The molecule has 0 bridgehead atoms. The van der Waals surface area contributed by atoms with Gasteiger partial charge in [-0.25, -0.2) is 9.97 Å². The lowest BCUT2D eigenvalue weighted by Gasteiger charge is -2.33. The molecule has 1 aromatic rings. The molecule has 2 N–H and O–H groups in total. The SMILES string of the molecule is Cc1cc(N2CCC(NC(=O)CCC3CCNCC3)CC2)nc(C)n1. The summed E-state index contributed by atoms with van der Waals surface area (Å²) in [5.41, 5.74) is 1.01. The average molecular weight is 345 g/mol. The Bertz CT molecular complexity index is 557. The molecule has 6 heteroatoms. The van der Waals surface area contributed by atoms with Crippen molar-refractivity contribution in [2.45, 2.75) is 58.4 Å². The maximum atomic E-state index is 12.2. The van der Waals surface area contributed by atoms with Crippen molar-refractivity contribution in [3.63, 3.8) is 0 Å². The number of hydrogen-bond donors (Lipinski definition) is 2. The van der Waals surface area contributed by atoms with Crippen LogP contribution < -0.4 is 15.5 Å². The summed E-state index contributed by atoms with van der Waals surface area (Å²) < 4.78 is 0. The molecule has 138 valence electrons. The van der Waals surface area contributed by atoms with Crippen LogP contribution in [0.4, 0.5) is 5.82 Å². The van der Waals surface area contributed by atoms with Crippen molar-refractivity contribution >= 4 is 11.7 Å². The smallest absolute Gasteiger partial charge is 0.220 e. The Kier molecular flexibility index (Phi) is 6.24. The van der Waals surface area contributed by atoms with E-state index in [4.69, 9.17) is 0 Å². The van der Waals surface area contributed by atoms with Gasteiger partial charge in [0, 0.05) is 37.3 Å². The summed E-state index contributed by atoms with van der Waals surface area (Å²) in [7, 11) is 0. The average Bonchev–Trinajstić information content (AvgIpc) is 2.61. The van der Waals surface area contributed by atoms with Crippen molar-refractivity contribution in [3.05, 3.63) is 17.6 Å². The molecular weight excluding hydrogens is 314 g/mol. The number of anilines is 1. The largest absolute Gasteiger partial charge is 0.356 e. The first-order valence-corrected chi connectivity index (χ1v) is 9.67. The zero-order valence-electron chi connectivity index (χ0n) is 15.6. The summed E-state index contributed by atoms with van der Waals surface area (Å²) in [5.74, 6) is 2.79. The highest BCUT2D eigenvalue weighted by Crippen LogP contribution is 2.20. The molecule has 3 heterocycles. The first-order chi connectivity index (χ1) is 12.1. The van der Waals surface area contributed by atoms with Gasteiger partial charge in [-0.3, -0.25) is 4.79 Å². The Hall–Kier alpha value is -1.69. The van der Waals surface area contributed by atoms with E-state index in [0.717, 1.165) is 68.7 Å². The minimum Gasteiger partial charge on any atom is -0.356 e. The predicted molar refractivity (Wildman–Crippen MR) is 99.7 cm³/mol. The van der Waals surface area contributed by atoms with Gasteiger partial charge in [0.2, 0.25) is 5.91 Å². The van der Waals surface area contributed by atoms with Gasteiger partial charge in [0.15, 0.2) is 0 Å². The zero-order chi connectivity index (χ0) is 17.6. The van der Waals surface area contributed by atoms with E-state index in [2.05, 4.69) is 25.5 Å². The summed E-state index contributed by atoms with van der Waals surface area (Å²) in [6.07, 6.45) is 6.11. The number of nitrogens with zero attached hydrogens (tertiary/aromatic N) is 3. The Labute approximate surface area is 150 Å². The van der Waals surface area contributed by atoms with E-state index in [-0.39, 0.29) is 5.91 Å². The van der Waals surface area contributed by atoms with Gasteiger partial charge in [0.1, 0.15) is 11.6 Å². The van der Waals surface area contributed by atoms with Crippen LogP contribution in [0.15, 0.2) is 6.07 Å². The minimum atomic E-state index is 0.228. The summed E-state index contributed by atoms with van der Waals surface area (Å²) in [6.45, 7) is 8.03. The van der Waals surface area contributed by atoms with Crippen molar-refractivity contribution in [1.29, 1.82) is 0 Å². The second-order valence-corrected chi connectivity index (χ2v) is 7.48. The molecule has 2 fully saturated rings. The molecule has 0 radical (unpaired) electrons. The van der Waals surface area contributed by atoms with Gasteiger partial charge in [-0.05, 0) is 65.0 Å². The number of carbonyl (C=O) groups excluding carboxylic acids is 1. The topological polar surface area (TPSA) is 70.2 Å². The first-order valence-electron chi connectivity index (χ1n) is 9.67. The van der Waals surface area contributed by atoms with Crippen LogP contribution >= 0.6 is 0 Å². The molecule has 0 aromatic carbocycles. The normalized spacial score (nSPS) is 19.8. The van der Waals surface area contributed by atoms with E-state index in [1.54, 1.807) is 0 Å². The van der Waals surface area contributed by atoms with Crippen molar-refractivity contribution in [1.82, 2.24) is 20.6 Å². The zero-order valence-corrected chi connectivity index (χ0v) is 15.6. The Balaban J connectivity index is 1.40.